The zero-order chi connectivity index (χ0) is 18.2. The number of carbonyl (C=O) groups is 1. The Morgan fingerprint density at radius 3 is 2.69 bits per heavy atom. The maximum atomic E-state index is 13.7. The van der Waals surface area contributed by atoms with Gasteiger partial charge >= 0.3 is 0 Å². The highest BCUT2D eigenvalue weighted by atomic mass is 127. The first-order chi connectivity index (χ1) is 12.0. The second-order valence-electron chi connectivity index (χ2n) is 6.31. The van der Waals surface area contributed by atoms with Gasteiger partial charge in [0.1, 0.15) is 11.6 Å². The Balaban J connectivity index is 0.00000338. The number of amides is 1. The average molecular weight is 480 g/mol. The van der Waals surface area contributed by atoms with Crippen molar-refractivity contribution >= 4 is 35.8 Å². The molecule has 5 nitrogen and oxygen atoms in total. The van der Waals surface area contributed by atoms with Crippen LogP contribution >= 0.6 is 24.0 Å². The zero-order valence-corrected chi connectivity index (χ0v) is 17.3. The van der Waals surface area contributed by atoms with Gasteiger partial charge in [0.25, 0.3) is 0 Å². The van der Waals surface area contributed by atoms with Gasteiger partial charge in [0, 0.05) is 38.2 Å². The number of carbonyl (C=O) groups excluding carboxylic acids is 1. The number of nitrogens with one attached hydrogen (secondary N) is 1. The van der Waals surface area contributed by atoms with E-state index < -0.39 is 11.6 Å². The van der Waals surface area contributed by atoms with E-state index >= 15 is 0 Å². The Labute approximate surface area is 170 Å². The van der Waals surface area contributed by atoms with Gasteiger partial charge in [-0.05, 0) is 44.2 Å². The largest absolute Gasteiger partial charge is 0.370 e. The number of likely N-dealkylation sites (tertiary alicyclic amines) is 1. The topological polar surface area (TPSA) is 70.7 Å². The Hall–Kier alpha value is -1.45. The molecule has 146 valence electrons. The predicted molar refractivity (Wildman–Crippen MR) is 110 cm³/mol. The van der Waals surface area contributed by atoms with Crippen molar-refractivity contribution < 1.29 is 13.6 Å². The lowest BCUT2D eigenvalue weighted by atomic mass is 9.95. The molecule has 0 saturated carbocycles. The number of rotatable bonds is 6. The van der Waals surface area contributed by atoms with Crippen LogP contribution in [0.2, 0.25) is 0 Å². The summed E-state index contributed by atoms with van der Waals surface area (Å²) in [5.41, 5.74) is 5.36. The van der Waals surface area contributed by atoms with Gasteiger partial charge in [-0.25, -0.2) is 8.78 Å². The maximum Gasteiger partial charge on any atom is 0.217 e. The molecule has 0 bridgehead atoms. The van der Waals surface area contributed by atoms with E-state index in [1.54, 1.807) is 0 Å². The Morgan fingerprint density at radius 2 is 2.08 bits per heavy atom. The Kier molecular flexibility index (Phi) is 9.82. The van der Waals surface area contributed by atoms with Crippen LogP contribution in [0.25, 0.3) is 0 Å². The van der Waals surface area contributed by atoms with Crippen molar-refractivity contribution in [3.8, 4) is 0 Å². The van der Waals surface area contributed by atoms with E-state index in [2.05, 4.69) is 15.2 Å². The zero-order valence-electron chi connectivity index (χ0n) is 15.0. The maximum absolute atomic E-state index is 13.7. The van der Waals surface area contributed by atoms with Crippen LogP contribution in [0.1, 0.15) is 31.7 Å². The minimum Gasteiger partial charge on any atom is -0.370 e. The molecule has 3 N–H and O–H groups in total. The first-order valence-corrected chi connectivity index (χ1v) is 8.75. The van der Waals surface area contributed by atoms with Crippen molar-refractivity contribution in [3.63, 3.8) is 0 Å². The van der Waals surface area contributed by atoms with Gasteiger partial charge in [-0.2, -0.15) is 0 Å². The van der Waals surface area contributed by atoms with E-state index in [0.29, 0.717) is 25.5 Å². The molecule has 1 aliphatic heterocycles. The SMILES string of the molecule is CCNC(=NCCc1c(F)cccc1F)N1CCCC(CC(N)=O)C1.I. The molecule has 0 aliphatic carbocycles. The molecule has 1 unspecified atom stereocenters. The molecular weight excluding hydrogens is 453 g/mol. The number of halogens is 3. The van der Waals surface area contributed by atoms with Gasteiger partial charge in [0.2, 0.25) is 5.91 Å². The summed E-state index contributed by atoms with van der Waals surface area (Å²) >= 11 is 0. The lowest BCUT2D eigenvalue weighted by Crippen LogP contribution is -2.47. The molecule has 1 fully saturated rings. The number of piperidine rings is 1. The molecule has 1 amide bonds. The summed E-state index contributed by atoms with van der Waals surface area (Å²) in [6.45, 7) is 4.51. The average Bonchev–Trinajstić information content (AvgIpc) is 2.56. The van der Waals surface area contributed by atoms with Crippen LogP contribution < -0.4 is 11.1 Å². The third-order valence-electron chi connectivity index (χ3n) is 4.33. The predicted octanol–water partition coefficient (Wildman–Crippen LogP) is 2.68. The number of benzene rings is 1. The van der Waals surface area contributed by atoms with Crippen molar-refractivity contribution in [2.45, 2.75) is 32.6 Å². The van der Waals surface area contributed by atoms with Gasteiger partial charge in [-0.1, -0.05) is 6.07 Å². The lowest BCUT2D eigenvalue weighted by Gasteiger charge is -2.34. The first kappa shape index (κ1) is 22.6. The smallest absolute Gasteiger partial charge is 0.217 e. The summed E-state index contributed by atoms with van der Waals surface area (Å²) in [6.07, 6.45) is 2.51. The van der Waals surface area contributed by atoms with Crippen LogP contribution in [0.3, 0.4) is 0 Å². The summed E-state index contributed by atoms with van der Waals surface area (Å²) in [4.78, 5) is 17.8. The standard InChI is InChI=1S/C18H26F2N4O.HI/c1-2-22-18(24-10-4-5-13(12-24)11-17(21)25)23-9-8-14-15(19)6-3-7-16(14)20;/h3,6-7,13H,2,4-5,8-12H2,1H3,(H2,21,25)(H,22,23);1H. The number of primary amides is 1. The van der Waals surface area contributed by atoms with E-state index in [1.807, 2.05) is 6.92 Å². The molecule has 1 aromatic carbocycles. The quantitative estimate of drug-likeness (QED) is 0.374. The summed E-state index contributed by atoms with van der Waals surface area (Å²) in [5, 5.41) is 3.21. The molecule has 0 radical (unpaired) electrons. The highest BCUT2D eigenvalue weighted by Crippen LogP contribution is 2.19. The van der Waals surface area contributed by atoms with E-state index in [0.717, 1.165) is 19.4 Å². The van der Waals surface area contributed by atoms with Crippen LogP contribution in [0.15, 0.2) is 23.2 Å². The minimum atomic E-state index is -0.542. The summed E-state index contributed by atoms with van der Waals surface area (Å²) in [5.74, 6) is -0.434. The molecule has 1 aliphatic rings. The van der Waals surface area contributed by atoms with Gasteiger partial charge in [-0.3, -0.25) is 9.79 Å². The van der Waals surface area contributed by atoms with Crippen molar-refractivity contribution in [2.24, 2.45) is 16.6 Å². The van der Waals surface area contributed by atoms with Gasteiger partial charge in [0.05, 0.1) is 0 Å². The molecule has 0 aromatic heterocycles. The normalized spacial score (nSPS) is 17.6. The van der Waals surface area contributed by atoms with Gasteiger partial charge < -0.3 is 16.0 Å². The Morgan fingerprint density at radius 1 is 1.38 bits per heavy atom. The molecule has 1 aromatic rings. The second kappa shape index (κ2) is 11.3. The Bertz CT molecular complexity index is 607. The molecular formula is C18H27F2IN4O. The molecule has 1 saturated heterocycles. The molecule has 26 heavy (non-hydrogen) atoms. The van der Waals surface area contributed by atoms with Crippen molar-refractivity contribution in [1.82, 2.24) is 10.2 Å². The number of hydrogen-bond donors (Lipinski definition) is 2. The number of aliphatic imine (C=N–C) groups is 1. The number of hydrogen-bond acceptors (Lipinski definition) is 2. The van der Waals surface area contributed by atoms with Crippen LogP contribution in [0, 0.1) is 17.6 Å². The molecule has 2 rings (SSSR count). The highest BCUT2D eigenvalue weighted by molar-refractivity contribution is 14.0. The van der Waals surface area contributed by atoms with Crippen LogP contribution in [-0.2, 0) is 11.2 Å². The summed E-state index contributed by atoms with van der Waals surface area (Å²) in [7, 11) is 0. The van der Waals surface area contributed by atoms with E-state index in [-0.39, 0.29) is 54.3 Å². The van der Waals surface area contributed by atoms with E-state index in [1.165, 1.54) is 18.2 Å². The van der Waals surface area contributed by atoms with Crippen molar-refractivity contribution in [1.29, 1.82) is 0 Å². The fourth-order valence-corrected chi connectivity index (χ4v) is 3.18. The van der Waals surface area contributed by atoms with Gasteiger partial charge in [-0.15, -0.1) is 24.0 Å². The van der Waals surface area contributed by atoms with Crippen LogP contribution in [0.5, 0.6) is 0 Å². The number of nitrogens with two attached hydrogens (primary N) is 1. The molecule has 8 heteroatoms. The third kappa shape index (κ3) is 6.69. The first-order valence-electron chi connectivity index (χ1n) is 8.75. The molecule has 1 heterocycles. The number of nitrogens with zero attached hydrogens (tertiary/aromatic N) is 2. The van der Waals surface area contributed by atoms with Crippen LogP contribution in [-0.4, -0.2) is 42.9 Å². The van der Waals surface area contributed by atoms with Gasteiger partial charge in [0.15, 0.2) is 5.96 Å². The third-order valence-corrected chi connectivity index (χ3v) is 4.33. The van der Waals surface area contributed by atoms with Crippen molar-refractivity contribution in [2.75, 3.05) is 26.2 Å². The lowest BCUT2D eigenvalue weighted by molar-refractivity contribution is -0.119. The molecule has 0 spiro atoms. The highest BCUT2D eigenvalue weighted by Gasteiger charge is 2.23. The monoisotopic (exact) mass is 480 g/mol. The van der Waals surface area contributed by atoms with E-state index in [4.69, 9.17) is 5.73 Å². The minimum absolute atomic E-state index is 0. The van der Waals surface area contributed by atoms with Crippen LogP contribution in [0.4, 0.5) is 8.78 Å². The molecule has 1 atom stereocenters. The van der Waals surface area contributed by atoms with Crippen molar-refractivity contribution in [3.05, 3.63) is 35.4 Å². The summed E-state index contributed by atoms with van der Waals surface area (Å²) in [6, 6.07) is 3.87. The summed E-state index contributed by atoms with van der Waals surface area (Å²) < 4.78 is 27.4. The van der Waals surface area contributed by atoms with E-state index in [9.17, 15) is 13.6 Å². The fourth-order valence-electron chi connectivity index (χ4n) is 3.18. The number of guanidine groups is 1. The second-order valence-corrected chi connectivity index (χ2v) is 6.31. The fraction of sp³-hybridized carbons (Fsp3) is 0.556.